The van der Waals surface area contributed by atoms with Gasteiger partial charge in [0.05, 0.1) is 48.7 Å². The van der Waals surface area contributed by atoms with E-state index in [0.29, 0.717) is 59.4 Å². The van der Waals surface area contributed by atoms with E-state index in [1.807, 2.05) is 60.7 Å². The molecule has 4 aromatic rings. The molecule has 4 saturated heterocycles. The lowest BCUT2D eigenvalue weighted by atomic mass is 9.91. The van der Waals surface area contributed by atoms with Gasteiger partial charge in [0.2, 0.25) is 11.8 Å². The van der Waals surface area contributed by atoms with Crippen molar-refractivity contribution in [1.29, 1.82) is 0 Å². The summed E-state index contributed by atoms with van der Waals surface area (Å²) >= 11 is 14.3. The van der Waals surface area contributed by atoms with Gasteiger partial charge in [0.25, 0.3) is 0 Å². The monoisotopic (exact) mass is 772 g/mol. The van der Waals surface area contributed by atoms with E-state index in [4.69, 9.17) is 52.1 Å². The van der Waals surface area contributed by atoms with Gasteiger partial charge in [-0.15, -0.1) is 0 Å². The molecule has 0 bridgehead atoms. The minimum Gasteiger partial charge on any atom is -0.481 e. The fourth-order valence-electron chi connectivity index (χ4n) is 7.99. The Morgan fingerprint density at radius 3 is 1.37 bits per heavy atom. The Kier molecular flexibility index (Phi) is 10.0. The first-order chi connectivity index (χ1) is 26.2. The standard InChI is InChI=1S/C40H42Cl2N6O6/c1-51-35-25(21-47-17-13-39(14-18-47)23-43-37(49)53-39)9-11-31(45-35)29-7-3-5-27(33(29)41)28-6-4-8-30(34(28)42)32-12-10-26(36(46-32)52-2)22-48-19-15-40(16-20-48)24-44-38(50)54-40/h3-12H,13-24H2,1-2H3,(H,43,49)(H,44,50). The highest BCUT2D eigenvalue weighted by molar-refractivity contribution is 6.39. The molecule has 8 rings (SSSR count). The van der Waals surface area contributed by atoms with Gasteiger partial charge in [-0.05, 0) is 12.1 Å². The fourth-order valence-corrected chi connectivity index (χ4v) is 8.64. The van der Waals surface area contributed by atoms with Crippen LogP contribution in [0.4, 0.5) is 9.59 Å². The summed E-state index contributed by atoms with van der Waals surface area (Å²) in [5.74, 6) is 1.07. The van der Waals surface area contributed by atoms with Crippen LogP contribution >= 0.6 is 23.2 Å². The molecule has 0 atom stereocenters. The lowest BCUT2D eigenvalue weighted by Crippen LogP contribution is -2.46. The third-order valence-electron chi connectivity index (χ3n) is 11.2. The number of benzene rings is 2. The number of likely N-dealkylation sites (tertiary alicyclic amines) is 2. The lowest BCUT2D eigenvalue weighted by Gasteiger charge is -2.37. The molecule has 2 aromatic heterocycles. The van der Waals surface area contributed by atoms with E-state index in [-0.39, 0.29) is 12.2 Å². The van der Waals surface area contributed by atoms with Crippen molar-refractivity contribution in [2.45, 2.75) is 50.0 Å². The third-order valence-corrected chi connectivity index (χ3v) is 12.0. The smallest absolute Gasteiger partial charge is 0.407 e. The van der Waals surface area contributed by atoms with Crippen molar-refractivity contribution >= 4 is 35.4 Å². The molecule has 4 aliphatic rings. The molecule has 12 nitrogen and oxygen atoms in total. The van der Waals surface area contributed by atoms with Crippen LogP contribution in [0.15, 0.2) is 60.7 Å². The van der Waals surface area contributed by atoms with Crippen molar-refractivity contribution in [3.8, 4) is 45.4 Å². The van der Waals surface area contributed by atoms with Gasteiger partial charge in [-0.25, -0.2) is 19.6 Å². The second kappa shape index (κ2) is 14.9. The summed E-state index contributed by atoms with van der Waals surface area (Å²) in [4.78, 5) is 37.7. The van der Waals surface area contributed by atoms with Gasteiger partial charge in [-0.2, -0.15) is 0 Å². The van der Waals surface area contributed by atoms with Crippen LogP contribution in [0.1, 0.15) is 36.8 Å². The maximum absolute atomic E-state index is 11.6. The minimum absolute atomic E-state index is 0.330. The molecular formula is C40H42Cl2N6O6. The number of methoxy groups -OCH3 is 2. The molecule has 2 spiro atoms. The molecule has 0 saturated carbocycles. The predicted molar refractivity (Wildman–Crippen MR) is 205 cm³/mol. The van der Waals surface area contributed by atoms with Crippen LogP contribution in [0.2, 0.25) is 10.0 Å². The molecule has 6 heterocycles. The molecule has 54 heavy (non-hydrogen) atoms. The maximum atomic E-state index is 11.6. The maximum Gasteiger partial charge on any atom is 0.407 e. The summed E-state index contributed by atoms with van der Waals surface area (Å²) < 4.78 is 22.7. The minimum atomic E-state index is -0.398. The zero-order valence-electron chi connectivity index (χ0n) is 30.3. The van der Waals surface area contributed by atoms with Gasteiger partial charge >= 0.3 is 12.2 Å². The van der Waals surface area contributed by atoms with Crippen molar-refractivity contribution in [2.75, 3.05) is 53.5 Å². The second-order valence-corrected chi connectivity index (χ2v) is 15.2. The number of rotatable bonds is 9. The first-order valence-electron chi connectivity index (χ1n) is 18.2. The predicted octanol–water partition coefficient (Wildman–Crippen LogP) is 6.95. The van der Waals surface area contributed by atoms with Gasteiger partial charge < -0.3 is 29.6 Å². The number of piperidine rings is 2. The molecule has 14 heteroatoms. The number of nitrogens with zero attached hydrogens (tertiary/aromatic N) is 4. The molecular weight excluding hydrogens is 731 g/mol. The lowest BCUT2D eigenvalue weighted by molar-refractivity contribution is -0.00165. The van der Waals surface area contributed by atoms with Gasteiger partial charge in [-0.1, -0.05) is 71.7 Å². The summed E-state index contributed by atoms with van der Waals surface area (Å²) in [6, 6.07) is 19.7. The molecule has 0 aliphatic carbocycles. The summed E-state index contributed by atoms with van der Waals surface area (Å²) in [6.45, 7) is 5.68. The topological polar surface area (TPSA) is 127 Å². The number of nitrogens with one attached hydrogen (secondary N) is 2. The summed E-state index contributed by atoms with van der Waals surface area (Å²) in [6.07, 6.45) is 2.45. The van der Waals surface area contributed by atoms with Crippen molar-refractivity contribution < 1.29 is 28.5 Å². The highest BCUT2D eigenvalue weighted by Gasteiger charge is 2.44. The Hall–Kier alpha value is -4.62. The Balaban J connectivity index is 0.990. The summed E-state index contributed by atoms with van der Waals surface area (Å²) in [5, 5.41) is 6.63. The number of carbonyl (C=O) groups excluding carboxylic acids is 2. The summed E-state index contributed by atoms with van der Waals surface area (Å²) in [5.41, 5.74) is 5.55. The van der Waals surface area contributed by atoms with E-state index in [1.165, 1.54) is 0 Å². The van der Waals surface area contributed by atoms with E-state index < -0.39 is 11.2 Å². The van der Waals surface area contributed by atoms with E-state index >= 15 is 0 Å². The highest BCUT2D eigenvalue weighted by Crippen LogP contribution is 2.43. The average molecular weight is 774 g/mol. The second-order valence-electron chi connectivity index (χ2n) is 14.5. The molecule has 0 unspecified atom stereocenters. The highest BCUT2D eigenvalue weighted by atomic mass is 35.5. The zero-order chi connectivity index (χ0) is 37.5. The normalized spacial score (nSPS) is 19.3. The number of hydrogen-bond acceptors (Lipinski definition) is 10. The van der Waals surface area contributed by atoms with Crippen molar-refractivity contribution in [3.05, 3.63) is 81.8 Å². The van der Waals surface area contributed by atoms with E-state index in [1.54, 1.807) is 14.2 Å². The van der Waals surface area contributed by atoms with Crippen molar-refractivity contribution in [2.24, 2.45) is 0 Å². The van der Waals surface area contributed by atoms with E-state index in [2.05, 4.69) is 20.4 Å². The Morgan fingerprint density at radius 1 is 0.630 bits per heavy atom. The average Bonchev–Trinajstić information content (AvgIpc) is 3.74. The Bertz CT molecular complexity index is 1940. The number of carbonyl (C=O) groups is 2. The number of ether oxygens (including phenoxy) is 4. The molecule has 4 fully saturated rings. The van der Waals surface area contributed by atoms with Gasteiger partial charge in [-0.3, -0.25) is 9.80 Å². The van der Waals surface area contributed by atoms with Crippen LogP contribution in [0.25, 0.3) is 33.6 Å². The number of alkyl carbamates (subject to hydrolysis) is 2. The first-order valence-corrected chi connectivity index (χ1v) is 19.0. The SMILES string of the molecule is COc1nc(-c2cccc(-c3cccc(-c4ccc(CN5CCC6(CC5)CNC(=O)O6)c(OC)n4)c3Cl)c2Cl)ccc1CN1CCC2(CC1)CNC(=O)O2. The summed E-state index contributed by atoms with van der Waals surface area (Å²) in [7, 11) is 3.25. The van der Waals surface area contributed by atoms with Gasteiger partial charge in [0.1, 0.15) is 11.2 Å². The van der Waals surface area contributed by atoms with E-state index in [9.17, 15) is 9.59 Å². The molecule has 282 valence electrons. The molecule has 2 aromatic carbocycles. The van der Waals surface area contributed by atoms with Gasteiger partial charge in [0, 0.05) is 98.3 Å². The van der Waals surface area contributed by atoms with Crippen LogP contribution in [0, 0.1) is 0 Å². The molecule has 2 N–H and O–H groups in total. The van der Waals surface area contributed by atoms with Crippen LogP contribution in [0.3, 0.4) is 0 Å². The third kappa shape index (κ3) is 7.15. The first kappa shape index (κ1) is 36.4. The van der Waals surface area contributed by atoms with Crippen LogP contribution in [-0.2, 0) is 22.6 Å². The number of aromatic nitrogens is 2. The molecule has 4 aliphatic heterocycles. The number of pyridine rings is 2. The molecule has 2 amide bonds. The van der Waals surface area contributed by atoms with Crippen molar-refractivity contribution in [1.82, 2.24) is 30.4 Å². The molecule has 0 radical (unpaired) electrons. The largest absolute Gasteiger partial charge is 0.481 e. The number of amides is 2. The van der Waals surface area contributed by atoms with Crippen molar-refractivity contribution in [3.63, 3.8) is 0 Å². The van der Waals surface area contributed by atoms with Gasteiger partial charge in [0.15, 0.2) is 0 Å². The van der Waals surface area contributed by atoms with Crippen LogP contribution in [-0.4, -0.2) is 96.6 Å². The zero-order valence-corrected chi connectivity index (χ0v) is 31.8. The van der Waals surface area contributed by atoms with E-state index in [0.717, 1.165) is 85.2 Å². The fraction of sp³-hybridized carbons (Fsp3) is 0.400. The van der Waals surface area contributed by atoms with Crippen LogP contribution < -0.4 is 20.1 Å². The van der Waals surface area contributed by atoms with Crippen LogP contribution in [0.5, 0.6) is 11.8 Å². The number of halogens is 2. The Labute approximate surface area is 324 Å². The Morgan fingerprint density at radius 2 is 1.02 bits per heavy atom. The number of hydrogen-bond donors (Lipinski definition) is 2. The quantitative estimate of drug-likeness (QED) is 0.185.